The van der Waals surface area contributed by atoms with Gasteiger partial charge < -0.3 is 14.8 Å². The van der Waals surface area contributed by atoms with Crippen LogP contribution in [0.3, 0.4) is 0 Å². The maximum atomic E-state index is 12.4. The first-order chi connectivity index (χ1) is 16.1. The van der Waals surface area contributed by atoms with Gasteiger partial charge in [0.2, 0.25) is 5.95 Å². The third-order valence-electron chi connectivity index (χ3n) is 4.19. The molecule has 10 nitrogen and oxygen atoms in total. The fourth-order valence-electron chi connectivity index (χ4n) is 2.55. The van der Waals surface area contributed by atoms with E-state index in [0.29, 0.717) is 0 Å². The van der Waals surface area contributed by atoms with Crippen LogP contribution in [0, 0.1) is 0 Å². The third kappa shape index (κ3) is 6.68. The first-order valence-electron chi connectivity index (χ1n) is 9.60. The summed E-state index contributed by atoms with van der Waals surface area (Å²) in [6.45, 7) is -1.66. The van der Waals surface area contributed by atoms with Gasteiger partial charge >= 0.3 is 12.6 Å². The van der Waals surface area contributed by atoms with E-state index in [4.69, 9.17) is 4.74 Å². The van der Waals surface area contributed by atoms with Crippen LogP contribution >= 0.6 is 0 Å². The molecule has 1 aromatic heterocycles. The molecule has 0 saturated heterocycles. The Hall–Kier alpha value is -4.13. The van der Waals surface area contributed by atoms with E-state index in [1.807, 2.05) is 0 Å². The molecule has 178 valence electrons. The number of ether oxygens (including phenoxy) is 2. The normalized spacial score (nSPS) is 12.0. The van der Waals surface area contributed by atoms with E-state index in [2.05, 4.69) is 24.7 Å². The lowest BCUT2D eigenvalue weighted by Crippen LogP contribution is -2.30. The number of hydrogen-bond donors (Lipinski definition) is 2. The monoisotopic (exact) mass is 492 g/mol. The number of halogens is 2. The summed E-state index contributed by atoms with van der Waals surface area (Å²) in [5, 5.41) is 2.50. The van der Waals surface area contributed by atoms with Crippen LogP contribution in [0.2, 0.25) is 0 Å². The standard InChI is InChI=1S/C21H18F2N4O6S/c1-13(32-19(29)14-3-7-16(8-4-14)33-20(22)23)18(28)26-15-5-9-17(10-6-15)34(30,31)27-21-24-11-2-12-25-21/h2-13,20H,1H3,(H,26,28)(H,24,25,27). The highest BCUT2D eigenvalue weighted by molar-refractivity contribution is 7.92. The Kier molecular flexibility index (Phi) is 7.68. The number of alkyl halides is 2. The number of hydrogen-bond acceptors (Lipinski definition) is 8. The van der Waals surface area contributed by atoms with Crippen molar-refractivity contribution in [1.82, 2.24) is 9.97 Å². The van der Waals surface area contributed by atoms with Gasteiger partial charge in [-0.3, -0.25) is 4.79 Å². The second-order valence-electron chi connectivity index (χ2n) is 6.64. The van der Waals surface area contributed by atoms with Crippen molar-refractivity contribution in [2.75, 3.05) is 10.0 Å². The van der Waals surface area contributed by atoms with E-state index in [9.17, 15) is 26.8 Å². The van der Waals surface area contributed by atoms with Crippen molar-refractivity contribution >= 4 is 33.5 Å². The number of nitrogens with one attached hydrogen (secondary N) is 2. The smallest absolute Gasteiger partial charge is 0.387 e. The number of benzene rings is 2. The molecule has 3 aromatic rings. The number of carbonyl (C=O) groups excluding carboxylic acids is 2. The van der Waals surface area contributed by atoms with E-state index < -0.39 is 34.6 Å². The molecular weight excluding hydrogens is 474 g/mol. The van der Waals surface area contributed by atoms with Gasteiger partial charge in [-0.25, -0.2) is 27.9 Å². The van der Waals surface area contributed by atoms with Crippen LogP contribution in [0.5, 0.6) is 5.75 Å². The van der Waals surface area contributed by atoms with Crippen molar-refractivity contribution in [3.05, 3.63) is 72.6 Å². The average molecular weight is 492 g/mol. The lowest BCUT2D eigenvalue weighted by molar-refractivity contribution is -0.123. The molecule has 0 spiro atoms. The highest BCUT2D eigenvalue weighted by Crippen LogP contribution is 2.18. The van der Waals surface area contributed by atoms with Crippen molar-refractivity contribution < 1.29 is 36.3 Å². The molecule has 0 saturated carbocycles. The zero-order chi connectivity index (χ0) is 24.7. The Labute approximate surface area is 193 Å². The van der Waals surface area contributed by atoms with Crippen molar-refractivity contribution in [1.29, 1.82) is 0 Å². The first kappa shape index (κ1) is 24.5. The molecule has 1 unspecified atom stereocenters. The Balaban J connectivity index is 1.57. The zero-order valence-electron chi connectivity index (χ0n) is 17.5. The summed E-state index contributed by atoms with van der Waals surface area (Å²) >= 11 is 0. The second-order valence-corrected chi connectivity index (χ2v) is 8.32. The van der Waals surface area contributed by atoms with Crippen molar-refractivity contribution in [2.45, 2.75) is 24.5 Å². The molecule has 0 bridgehead atoms. The maximum Gasteiger partial charge on any atom is 0.387 e. The zero-order valence-corrected chi connectivity index (χ0v) is 18.3. The molecular formula is C21H18F2N4O6S. The van der Waals surface area contributed by atoms with E-state index >= 15 is 0 Å². The van der Waals surface area contributed by atoms with E-state index in [0.717, 1.165) is 0 Å². The van der Waals surface area contributed by atoms with Gasteiger partial charge in [-0.05, 0) is 61.5 Å². The molecule has 34 heavy (non-hydrogen) atoms. The number of anilines is 2. The highest BCUT2D eigenvalue weighted by atomic mass is 32.2. The molecule has 0 aliphatic carbocycles. The second kappa shape index (κ2) is 10.7. The summed E-state index contributed by atoms with van der Waals surface area (Å²) < 4.78 is 60.7. The lowest BCUT2D eigenvalue weighted by Gasteiger charge is -2.14. The summed E-state index contributed by atoms with van der Waals surface area (Å²) in [5.74, 6) is -1.74. The largest absolute Gasteiger partial charge is 0.449 e. The predicted octanol–water partition coefficient (Wildman–Crippen LogP) is 3.06. The van der Waals surface area contributed by atoms with E-state index in [-0.39, 0.29) is 27.8 Å². The van der Waals surface area contributed by atoms with Crippen molar-refractivity contribution in [2.24, 2.45) is 0 Å². The van der Waals surface area contributed by atoms with E-state index in [1.54, 1.807) is 0 Å². The summed E-state index contributed by atoms with van der Waals surface area (Å²) in [6.07, 6.45) is 1.56. The average Bonchev–Trinajstić information content (AvgIpc) is 2.80. The van der Waals surface area contributed by atoms with Crippen LogP contribution in [-0.2, 0) is 19.6 Å². The number of rotatable bonds is 9. The van der Waals surface area contributed by atoms with Crippen LogP contribution < -0.4 is 14.8 Å². The molecule has 0 aliphatic rings. The molecule has 0 aliphatic heterocycles. The molecule has 1 amide bonds. The summed E-state index contributed by atoms with van der Waals surface area (Å²) in [7, 11) is -3.94. The molecule has 2 N–H and O–H groups in total. The highest BCUT2D eigenvalue weighted by Gasteiger charge is 2.20. The van der Waals surface area contributed by atoms with Gasteiger partial charge in [0, 0.05) is 18.1 Å². The lowest BCUT2D eigenvalue weighted by atomic mass is 10.2. The Morgan fingerprint density at radius 2 is 1.59 bits per heavy atom. The minimum Gasteiger partial charge on any atom is -0.449 e. The van der Waals surface area contributed by atoms with E-state index in [1.165, 1.54) is 73.9 Å². The molecule has 1 heterocycles. The fraction of sp³-hybridized carbons (Fsp3) is 0.143. The summed E-state index contributed by atoms with van der Waals surface area (Å²) in [5.41, 5.74) is 0.294. The molecule has 3 rings (SSSR count). The number of esters is 1. The molecule has 1 atom stereocenters. The topological polar surface area (TPSA) is 137 Å². The van der Waals surface area contributed by atoms with Crippen LogP contribution in [0.15, 0.2) is 71.9 Å². The first-order valence-corrected chi connectivity index (χ1v) is 11.1. The number of sulfonamides is 1. The van der Waals surface area contributed by atoms with Gasteiger partial charge in [0.15, 0.2) is 6.10 Å². The third-order valence-corrected chi connectivity index (χ3v) is 5.54. The predicted molar refractivity (Wildman–Crippen MR) is 116 cm³/mol. The van der Waals surface area contributed by atoms with Gasteiger partial charge in [0.25, 0.3) is 15.9 Å². The molecule has 0 fully saturated rings. The van der Waals surface area contributed by atoms with Crippen molar-refractivity contribution in [3.63, 3.8) is 0 Å². The van der Waals surface area contributed by atoms with Gasteiger partial charge in [0.1, 0.15) is 5.75 Å². The SMILES string of the molecule is CC(OC(=O)c1ccc(OC(F)F)cc1)C(=O)Nc1ccc(S(=O)(=O)Nc2ncccn2)cc1. The van der Waals surface area contributed by atoms with Gasteiger partial charge in [-0.15, -0.1) is 0 Å². The number of amides is 1. The van der Waals surface area contributed by atoms with Crippen LogP contribution in [-0.4, -0.2) is 43.0 Å². The minimum absolute atomic E-state index is 0.0331. The molecule has 13 heteroatoms. The number of nitrogens with zero attached hydrogens (tertiary/aromatic N) is 2. The maximum absolute atomic E-state index is 12.4. The van der Waals surface area contributed by atoms with Gasteiger partial charge in [-0.1, -0.05) is 0 Å². The summed E-state index contributed by atoms with van der Waals surface area (Å²) in [4.78, 5) is 32.0. The quantitative estimate of drug-likeness (QED) is 0.435. The minimum atomic E-state index is -3.94. The van der Waals surface area contributed by atoms with Gasteiger partial charge in [-0.2, -0.15) is 8.78 Å². The van der Waals surface area contributed by atoms with Crippen molar-refractivity contribution in [3.8, 4) is 5.75 Å². The fourth-order valence-corrected chi connectivity index (χ4v) is 3.50. The summed E-state index contributed by atoms with van der Waals surface area (Å²) in [6, 6.07) is 11.6. The Bertz CT molecular complexity index is 1240. The van der Waals surface area contributed by atoms with Crippen LogP contribution in [0.1, 0.15) is 17.3 Å². The molecule has 0 radical (unpaired) electrons. The Morgan fingerprint density at radius 1 is 0.971 bits per heavy atom. The van der Waals surface area contributed by atoms with Crippen LogP contribution in [0.25, 0.3) is 0 Å². The molecule has 2 aromatic carbocycles. The van der Waals surface area contributed by atoms with Crippen LogP contribution in [0.4, 0.5) is 20.4 Å². The number of carbonyl (C=O) groups is 2. The number of aromatic nitrogens is 2. The van der Waals surface area contributed by atoms with Gasteiger partial charge in [0.05, 0.1) is 10.5 Å². The Morgan fingerprint density at radius 3 is 2.18 bits per heavy atom.